The lowest BCUT2D eigenvalue weighted by molar-refractivity contribution is -0.137. The highest BCUT2D eigenvalue weighted by molar-refractivity contribution is 8.14. The highest BCUT2D eigenvalue weighted by Gasteiger charge is 2.36. The van der Waals surface area contributed by atoms with Crippen LogP contribution in [0.1, 0.15) is 25.3 Å². The van der Waals surface area contributed by atoms with Gasteiger partial charge in [-0.2, -0.15) is 26.3 Å². The maximum absolute atomic E-state index is 12.9. The van der Waals surface area contributed by atoms with Crippen LogP contribution in [0.15, 0.2) is 40.9 Å². The van der Waals surface area contributed by atoms with Crippen LogP contribution in [0.5, 0.6) is 0 Å². The minimum atomic E-state index is -4.43. The molecule has 0 saturated carbocycles. The van der Waals surface area contributed by atoms with Gasteiger partial charge < -0.3 is 10.5 Å². The van der Waals surface area contributed by atoms with E-state index >= 15 is 0 Å². The van der Waals surface area contributed by atoms with Crippen molar-refractivity contribution in [3.05, 3.63) is 41.6 Å². The van der Waals surface area contributed by atoms with Crippen LogP contribution in [0.4, 0.5) is 26.3 Å². The summed E-state index contributed by atoms with van der Waals surface area (Å²) in [6.45, 7) is 2.18. The maximum atomic E-state index is 12.9. The summed E-state index contributed by atoms with van der Waals surface area (Å²) in [4.78, 5) is 0.457. The van der Waals surface area contributed by atoms with Crippen molar-refractivity contribution in [1.82, 2.24) is 0 Å². The lowest BCUT2D eigenvalue weighted by Gasteiger charge is -2.38. The molecule has 1 aromatic rings. The Bertz CT molecular complexity index is 765. The molecule has 29 heavy (non-hydrogen) atoms. The summed E-state index contributed by atoms with van der Waals surface area (Å²) in [7, 11) is 0. The average molecular weight is 458 g/mol. The number of benzene rings is 1. The molecule has 0 radical (unpaired) electrons. The fourth-order valence-electron chi connectivity index (χ4n) is 2.74. The third-order valence-electron chi connectivity index (χ3n) is 4.15. The van der Waals surface area contributed by atoms with Crippen molar-refractivity contribution in [2.45, 2.75) is 47.9 Å². The Morgan fingerprint density at radius 2 is 2.00 bits per heavy atom. The molecule has 1 aliphatic heterocycles. The van der Waals surface area contributed by atoms with E-state index in [1.54, 1.807) is 6.07 Å². The van der Waals surface area contributed by atoms with Crippen LogP contribution in [0.3, 0.4) is 0 Å². The monoisotopic (exact) mass is 458 g/mol. The van der Waals surface area contributed by atoms with Gasteiger partial charge in [0.05, 0.1) is 22.5 Å². The summed E-state index contributed by atoms with van der Waals surface area (Å²) in [6, 6.07) is 5.03. The second-order valence-corrected chi connectivity index (χ2v) is 9.48. The Kier molecular flexibility index (Phi) is 7.61. The normalized spacial score (nSPS) is 23.8. The van der Waals surface area contributed by atoms with Crippen LogP contribution >= 0.6 is 23.5 Å². The van der Waals surface area contributed by atoms with Crippen molar-refractivity contribution in [3.63, 3.8) is 0 Å². The van der Waals surface area contributed by atoms with E-state index in [1.165, 1.54) is 17.8 Å². The number of alkyl halides is 6. The zero-order valence-corrected chi connectivity index (χ0v) is 17.0. The summed E-state index contributed by atoms with van der Waals surface area (Å²) < 4.78 is 80.6. The van der Waals surface area contributed by atoms with Crippen LogP contribution < -0.4 is 5.73 Å². The maximum Gasteiger partial charge on any atom is 0.416 e. The number of thioether (sulfide) groups is 2. The zero-order chi connectivity index (χ0) is 21.9. The van der Waals surface area contributed by atoms with Crippen LogP contribution in [0.2, 0.25) is 0 Å². The van der Waals surface area contributed by atoms with Gasteiger partial charge in [-0.15, -0.1) is 11.8 Å². The molecular formula is C18H20F6N2OS2. The average Bonchev–Trinajstić information content (AvgIpc) is 2.58. The van der Waals surface area contributed by atoms with Gasteiger partial charge in [0.15, 0.2) is 0 Å². The minimum absolute atomic E-state index is 0.125. The lowest BCUT2D eigenvalue weighted by Crippen LogP contribution is -2.38. The van der Waals surface area contributed by atoms with Crippen LogP contribution in [0.25, 0.3) is 0 Å². The quantitative estimate of drug-likeness (QED) is 0.330. The zero-order valence-electron chi connectivity index (χ0n) is 15.4. The topological polar surface area (TPSA) is 59.1 Å². The molecule has 1 saturated heterocycles. The minimum Gasteiger partial charge on any atom is -0.400 e. The Morgan fingerprint density at radius 1 is 1.31 bits per heavy atom. The van der Waals surface area contributed by atoms with E-state index in [1.807, 2.05) is 6.92 Å². The third-order valence-corrected chi connectivity index (χ3v) is 6.41. The first-order valence-electron chi connectivity index (χ1n) is 8.50. The summed E-state index contributed by atoms with van der Waals surface area (Å²) in [6.07, 6.45) is -7.38. The molecule has 1 aliphatic rings. The van der Waals surface area contributed by atoms with Crippen molar-refractivity contribution < 1.29 is 31.1 Å². The number of rotatable bonds is 5. The standard InChI is InChI=1S/C18H20F6N2OS2/c1-16(29-12-4-2-3-11(7-12)18(22,23)24)5-6-27-14(9-16)13(25)8-15(26)28-10-17(19,20)21/h2-4,7-8,14,26H,5-6,9-10,25H2,1H3/b13-8-,26-15?. The summed E-state index contributed by atoms with van der Waals surface area (Å²) >= 11 is 1.60. The Hall–Kier alpha value is -1.33. The number of hydrogen-bond acceptors (Lipinski definition) is 5. The number of hydrogen-bond donors (Lipinski definition) is 2. The number of ether oxygens (including phenoxy) is 1. The molecule has 3 N–H and O–H groups in total. The van der Waals surface area contributed by atoms with Gasteiger partial charge >= 0.3 is 12.4 Å². The van der Waals surface area contributed by atoms with Crippen LogP contribution in [-0.2, 0) is 10.9 Å². The van der Waals surface area contributed by atoms with Crippen molar-refractivity contribution in [2.75, 3.05) is 12.4 Å². The van der Waals surface area contributed by atoms with E-state index in [0.717, 1.165) is 18.2 Å². The summed E-state index contributed by atoms with van der Waals surface area (Å²) in [5, 5.41) is 7.29. The molecule has 0 bridgehead atoms. The van der Waals surface area contributed by atoms with Gasteiger partial charge in [0.2, 0.25) is 0 Å². The van der Waals surface area contributed by atoms with Gasteiger partial charge in [0, 0.05) is 21.9 Å². The lowest BCUT2D eigenvalue weighted by atomic mass is 9.95. The van der Waals surface area contributed by atoms with Crippen LogP contribution in [0, 0.1) is 5.41 Å². The molecule has 3 nitrogen and oxygen atoms in total. The van der Waals surface area contributed by atoms with E-state index in [-0.39, 0.29) is 10.7 Å². The van der Waals surface area contributed by atoms with E-state index in [2.05, 4.69) is 0 Å². The van der Waals surface area contributed by atoms with Gasteiger partial charge in [-0.3, -0.25) is 5.41 Å². The molecule has 1 heterocycles. The predicted molar refractivity (Wildman–Crippen MR) is 103 cm³/mol. The largest absolute Gasteiger partial charge is 0.416 e. The fourth-order valence-corrected chi connectivity index (χ4v) is 4.60. The van der Waals surface area contributed by atoms with Gasteiger partial charge in [-0.1, -0.05) is 17.8 Å². The molecule has 1 fully saturated rings. The van der Waals surface area contributed by atoms with E-state index in [0.29, 0.717) is 36.1 Å². The Morgan fingerprint density at radius 3 is 2.62 bits per heavy atom. The van der Waals surface area contributed by atoms with E-state index in [9.17, 15) is 26.3 Å². The molecule has 2 rings (SSSR count). The number of nitrogens with two attached hydrogens (primary N) is 1. The summed E-state index contributed by atoms with van der Waals surface area (Å²) in [5.74, 6) is -1.19. The molecule has 2 unspecified atom stereocenters. The van der Waals surface area contributed by atoms with E-state index in [4.69, 9.17) is 15.9 Å². The smallest absolute Gasteiger partial charge is 0.400 e. The highest BCUT2D eigenvalue weighted by Crippen LogP contribution is 2.44. The van der Waals surface area contributed by atoms with Crippen molar-refractivity contribution >= 4 is 28.6 Å². The summed E-state index contributed by atoms with van der Waals surface area (Å²) in [5.41, 5.74) is 5.32. The van der Waals surface area contributed by atoms with Gasteiger partial charge in [-0.05, 0) is 44.0 Å². The highest BCUT2D eigenvalue weighted by atomic mass is 32.2. The number of halogens is 6. The van der Waals surface area contributed by atoms with E-state index < -0.39 is 34.5 Å². The predicted octanol–water partition coefficient (Wildman–Crippen LogP) is 5.85. The SMILES string of the molecule is CC1(Sc2cccc(C(F)(F)F)c2)CCOC(/C(N)=C/C(=N)SCC(F)(F)F)C1. The molecular weight excluding hydrogens is 438 g/mol. The molecule has 11 heteroatoms. The second kappa shape index (κ2) is 9.22. The van der Waals surface area contributed by atoms with Crippen molar-refractivity contribution in [2.24, 2.45) is 5.73 Å². The van der Waals surface area contributed by atoms with Crippen LogP contribution in [-0.4, -0.2) is 34.4 Å². The van der Waals surface area contributed by atoms with Gasteiger partial charge in [-0.25, -0.2) is 0 Å². The molecule has 2 atom stereocenters. The third kappa shape index (κ3) is 7.78. The first-order chi connectivity index (χ1) is 13.3. The molecule has 0 aliphatic carbocycles. The number of nitrogens with one attached hydrogen (secondary N) is 1. The molecule has 162 valence electrons. The second-order valence-electron chi connectivity index (χ2n) is 6.80. The molecule has 0 spiro atoms. The Labute approximate surface area is 172 Å². The molecule has 0 aromatic heterocycles. The van der Waals surface area contributed by atoms with Gasteiger partial charge in [0.1, 0.15) is 0 Å². The molecule has 1 aromatic carbocycles. The first-order valence-corrected chi connectivity index (χ1v) is 10.3. The van der Waals surface area contributed by atoms with Gasteiger partial charge in [0.25, 0.3) is 0 Å². The van der Waals surface area contributed by atoms with Crippen molar-refractivity contribution in [1.29, 1.82) is 5.41 Å². The fraction of sp³-hybridized carbons (Fsp3) is 0.500. The molecule has 0 amide bonds. The van der Waals surface area contributed by atoms with Crippen molar-refractivity contribution in [3.8, 4) is 0 Å². The first kappa shape index (κ1) is 23.9. The Balaban J connectivity index is 2.05.